The highest BCUT2D eigenvalue weighted by Gasteiger charge is 2.75. The normalized spacial score (nSPS) is 35.7. The molecule has 214 valence electrons. The van der Waals surface area contributed by atoms with Crippen LogP contribution in [0.4, 0.5) is 8.78 Å². The van der Waals surface area contributed by atoms with Gasteiger partial charge in [-0.15, -0.1) is 0 Å². The fourth-order valence-electron chi connectivity index (χ4n) is 7.81. The van der Waals surface area contributed by atoms with Gasteiger partial charge in [-0.1, -0.05) is 29.3 Å². The third-order valence-electron chi connectivity index (χ3n) is 9.88. The summed E-state index contributed by atoms with van der Waals surface area (Å²) < 4.78 is 55.7. The Balaban J connectivity index is 1.20. The van der Waals surface area contributed by atoms with Crippen molar-refractivity contribution < 1.29 is 22.0 Å². The van der Waals surface area contributed by atoms with Gasteiger partial charge in [-0.05, 0) is 88.3 Å². The van der Waals surface area contributed by atoms with Crippen molar-refractivity contribution in [3.05, 3.63) is 33.8 Å². The molecule has 1 heterocycles. The minimum absolute atomic E-state index is 0.0279. The molecule has 6 saturated carbocycles. The average Bonchev–Trinajstić information content (AvgIpc) is 3.03. The molecule has 1 atom stereocenters. The maximum absolute atomic E-state index is 13.6. The molecule has 1 aliphatic heterocycles. The molecule has 6 nitrogen and oxygen atoms in total. The molecule has 0 unspecified atom stereocenters. The lowest BCUT2D eigenvalue weighted by Gasteiger charge is -2.73. The summed E-state index contributed by atoms with van der Waals surface area (Å²) in [5.41, 5.74) is -0.631. The van der Waals surface area contributed by atoms with E-state index in [1.54, 1.807) is 18.2 Å². The number of halogens is 4. The second kappa shape index (κ2) is 8.62. The van der Waals surface area contributed by atoms with Gasteiger partial charge in [0.2, 0.25) is 15.9 Å². The Morgan fingerprint density at radius 1 is 1.15 bits per heavy atom. The number of rotatable bonds is 11. The van der Waals surface area contributed by atoms with Crippen molar-refractivity contribution in [2.75, 3.05) is 5.75 Å². The predicted octanol–water partition coefficient (Wildman–Crippen LogP) is 6.00. The van der Waals surface area contributed by atoms with Crippen molar-refractivity contribution in [1.82, 2.24) is 9.62 Å². The van der Waals surface area contributed by atoms with E-state index in [4.69, 9.17) is 28.2 Å². The number of nitrogens with one attached hydrogen (secondary N) is 1. The van der Waals surface area contributed by atoms with Crippen LogP contribution in [0, 0.1) is 16.7 Å². The molecule has 7 aliphatic rings. The van der Waals surface area contributed by atoms with E-state index in [2.05, 4.69) is 5.32 Å². The number of Topliss-reactive ketones (excluding diaryl/α,β-unsaturated/α-hetero) is 1. The van der Waals surface area contributed by atoms with Crippen LogP contribution >= 0.6 is 23.2 Å². The summed E-state index contributed by atoms with van der Waals surface area (Å²) in [5, 5.41) is 4.17. The van der Waals surface area contributed by atoms with E-state index in [9.17, 15) is 22.0 Å². The molecule has 0 amide bonds. The summed E-state index contributed by atoms with van der Waals surface area (Å²) in [6.07, 6.45) is 4.94. The molecule has 0 saturated heterocycles. The fraction of sp³-hybridized carbons (Fsp3) is 0.714. The predicted molar refractivity (Wildman–Crippen MR) is 148 cm³/mol. The van der Waals surface area contributed by atoms with E-state index >= 15 is 0 Å². The Bertz CT molecular complexity index is 1340. The summed E-state index contributed by atoms with van der Waals surface area (Å²) in [6, 6.07) is 4.49. The third kappa shape index (κ3) is 4.63. The molecule has 4 bridgehead atoms. The van der Waals surface area contributed by atoms with Crippen LogP contribution in [0.25, 0.3) is 0 Å². The average molecular weight is 603 g/mol. The Labute approximate surface area is 238 Å². The first-order chi connectivity index (χ1) is 18.0. The standard InChI is InChI=1S/C28H35Cl2F2N3O3S/c1-24(2)22(21(36)12-26-9-18(10-26)11-26)33-23(34-24)27-14-28(15-27,16-27)35(39(37,38)7-6-25(3,31)32)13-17-4-5-19(29)20(30)8-17/h4-5,8,18,22H,6-7,9-16H2,1-3H3,(H,33,34)/t18?,22-,26?,27?,28?/m0/s1. The monoisotopic (exact) mass is 601 g/mol. The smallest absolute Gasteiger partial charge is 0.246 e. The number of hydrogen-bond donors (Lipinski definition) is 1. The minimum atomic E-state index is -4.00. The molecule has 6 aliphatic carbocycles. The van der Waals surface area contributed by atoms with Gasteiger partial charge in [-0.3, -0.25) is 9.79 Å². The SMILES string of the molecule is CC(F)(F)CCS(=O)(=O)N(Cc1ccc(Cl)c(Cl)c1)C12CC(C3=N[C@@H](C(=O)CC45CC(C4)C5)C(C)(C)N3)(C1)C2. The lowest BCUT2D eigenvalue weighted by atomic mass is 9.38. The molecule has 0 radical (unpaired) electrons. The number of alkyl halides is 2. The van der Waals surface area contributed by atoms with Crippen LogP contribution in [0.1, 0.15) is 77.7 Å². The number of amidine groups is 1. The lowest BCUT2D eigenvalue weighted by molar-refractivity contribution is -0.151. The third-order valence-corrected chi connectivity index (χ3v) is 12.5. The van der Waals surface area contributed by atoms with Crippen molar-refractivity contribution >= 4 is 44.8 Å². The Morgan fingerprint density at radius 2 is 1.79 bits per heavy atom. The van der Waals surface area contributed by atoms with E-state index in [-0.39, 0.29) is 23.2 Å². The first-order valence-electron chi connectivity index (χ1n) is 13.7. The number of sulfonamides is 1. The van der Waals surface area contributed by atoms with Crippen LogP contribution in [-0.4, -0.2) is 53.1 Å². The summed E-state index contributed by atoms with van der Waals surface area (Å²) in [4.78, 5) is 18.2. The number of benzene rings is 1. The van der Waals surface area contributed by atoms with Crippen molar-refractivity contribution in [3.63, 3.8) is 0 Å². The van der Waals surface area contributed by atoms with Crippen LogP contribution in [0.15, 0.2) is 23.2 Å². The van der Waals surface area contributed by atoms with Gasteiger partial charge in [0.1, 0.15) is 11.9 Å². The lowest BCUT2D eigenvalue weighted by Crippen LogP contribution is -2.78. The first-order valence-corrected chi connectivity index (χ1v) is 16.0. The maximum atomic E-state index is 13.6. The molecule has 0 spiro atoms. The van der Waals surface area contributed by atoms with E-state index in [1.807, 2.05) is 13.8 Å². The first kappa shape index (κ1) is 27.9. The number of ketones is 1. The summed E-state index contributed by atoms with van der Waals surface area (Å²) in [5.74, 6) is -1.94. The van der Waals surface area contributed by atoms with Crippen LogP contribution < -0.4 is 5.32 Å². The van der Waals surface area contributed by atoms with Crippen molar-refractivity contribution in [1.29, 1.82) is 0 Å². The number of nitrogens with zero attached hydrogens (tertiary/aromatic N) is 2. The van der Waals surface area contributed by atoms with E-state index in [0.717, 1.165) is 37.9 Å². The second-order valence-electron chi connectivity index (χ2n) is 13.8. The topological polar surface area (TPSA) is 78.8 Å². The van der Waals surface area contributed by atoms with Gasteiger partial charge < -0.3 is 5.32 Å². The van der Waals surface area contributed by atoms with E-state index < -0.39 is 45.2 Å². The van der Waals surface area contributed by atoms with Gasteiger partial charge >= 0.3 is 0 Å². The van der Waals surface area contributed by atoms with Gasteiger partial charge in [-0.2, -0.15) is 4.31 Å². The van der Waals surface area contributed by atoms with Crippen LogP contribution in [-0.2, 0) is 21.4 Å². The Hall–Kier alpha value is -1.29. The molecule has 39 heavy (non-hydrogen) atoms. The zero-order chi connectivity index (χ0) is 28.2. The van der Waals surface area contributed by atoms with Crippen molar-refractivity contribution in [2.45, 2.75) is 102 Å². The zero-order valence-electron chi connectivity index (χ0n) is 22.5. The molecule has 8 rings (SSSR count). The Kier molecular flexibility index (Phi) is 6.15. The highest BCUT2D eigenvalue weighted by atomic mass is 35.5. The van der Waals surface area contributed by atoms with Gasteiger partial charge in [0.15, 0.2) is 5.78 Å². The van der Waals surface area contributed by atoms with Crippen LogP contribution in [0.5, 0.6) is 0 Å². The quantitative estimate of drug-likeness (QED) is 0.337. The minimum Gasteiger partial charge on any atom is -0.366 e. The van der Waals surface area contributed by atoms with Crippen LogP contribution in [0.3, 0.4) is 0 Å². The number of carbonyl (C=O) groups is 1. The summed E-state index contributed by atoms with van der Waals surface area (Å²) in [6.45, 7) is 4.77. The molecule has 1 N–H and O–H groups in total. The van der Waals surface area contributed by atoms with Gasteiger partial charge in [0.05, 0.1) is 21.3 Å². The Morgan fingerprint density at radius 3 is 2.33 bits per heavy atom. The molecule has 11 heteroatoms. The van der Waals surface area contributed by atoms with Crippen LogP contribution in [0.2, 0.25) is 10.0 Å². The summed E-state index contributed by atoms with van der Waals surface area (Å²) >= 11 is 12.2. The molecular formula is C28H35Cl2F2N3O3S. The number of aliphatic imine (C=N–C) groups is 1. The number of hydrogen-bond acceptors (Lipinski definition) is 5. The molecule has 1 aromatic rings. The zero-order valence-corrected chi connectivity index (χ0v) is 24.8. The highest BCUT2D eigenvalue weighted by molar-refractivity contribution is 7.89. The number of carbonyl (C=O) groups excluding carboxylic acids is 1. The highest BCUT2D eigenvalue weighted by Crippen LogP contribution is 2.71. The largest absolute Gasteiger partial charge is 0.366 e. The van der Waals surface area contributed by atoms with Gasteiger partial charge in [0, 0.05) is 30.3 Å². The maximum Gasteiger partial charge on any atom is 0.246 e. The molecular weight excluding hydrogens is 567 g/mol. The van der Waals surface area contributed by atoms with Crippen molar-refractivity contribution in [3.8, 4) is 0 Å². The molecule has 6 fully saturated rings. The summed E-state index contributed by atoms with van der Waals surface area (Å²) in [7, 11) is -4.00. The molecule has 0 aromatic heterocycles. The van der Waals surface area contributed by atoms with Gasteiger partial charge in [0.25, 0.3) is 0 Å². The van der Waals surface area contributed by atoms with E-state index in [0.29, 0.717) is 41.3 Å². The van der Waals surface area contributed by atoms with E-state index in [1.165, 1.54) is 4.31 Å². The van der Waals surface area contributed by atoms with Gasteiger partial charge in [-0.25, -0.2) is 17.2 Å². The van der Waals surface area contributed by atoms with Crippen molar-refractivity contribution in [2.24, 2.45) is 21.7 Å². The molecule has 1 aromatic carbocycles. The second-order valence-corrected chi connectivity index (χ2v) is 16.6. The fourth-order valence-corrected chi connectivity index (χ4v) is 10.1.